The summed E-state index contributed by atoms with van der Waals surface area (Å²) in [5.41, 5.74) is 1.33. The largest absolute Gasteiger partial charge is 0.618 e. The van der Waals surface area contributed by atoms with E-state index in [-0.39, 0.29) is 0 Å². The van der Waals surface area contributed by atoms with Gasteiger partial charge in [0.25, 0.3) is 0 Å². The van der Waals surface area contributed by atoms with Crippen LogP contribution in [0.3, 0.4) is 0 Å². The van der Waals surface area contributed by atoms with Gasteiger partial charge in [-0.25, -0.2) is 4.98 Å². The Labute approximate surface area is 214 Å². The van der Waals surface area contributed by atoms with E-state index < -0.39 is 4.30 Å². The number of hydrogen-bond acceptors (Lipinski definition) is 4. The first-order valence-corrected chi connectivity index (χ1v) is 11.2. The quantitative estimate of drug-likeness (QED) is 0.110. The molecule has 170 valence electrons. The lowest BCUT2D eigenvalue weighted by Gasteiger charge is -2.04. The van der Waals surface area contributed by atoms with Crippen LogP contribution in [0.25, 0.3) is 21.8 Å². The number of hydrogen-bond donors (Lipinski definition) is 0. The number of benzene rings is 2. The van der Waals surface area contributed by atoms with Crippen LogP contribution >= 0.6 is 69.6 Å². The fourth-order valence-electron chi connectivity index (χ4n) is 2.56. The lowest BCUT2D eigenvalue weighted by molar-refractivity contribution is -0.576. The van der Waals surface area contributed by atoms with Gasteiger partial charge in [-0.15, -0.1) is 0 Å². The highest BCUT2D eigenvalue weighted by Crippen LogP contribution is 2.26. The van der Waals surface area contributed by atoms with Gasteiger partial charge in [0.1, 0.15) is 21.7 Å². The SMILES string of the molecule is COc1ccc2cc(Cl)c(Cl)nc2c1.COc1ccc2cc(Cl)c[n+]([O-])c2c1.ClC(Cl)Cl. The molecule has 2 aromatic heterocycles. The molecule has 0 bridgehead atoms. The van der Waals surface area contributed by atoms with Crippen molar-refractivity contribution in [2.45, 2.75) is 4.30 Å². The van der Waals surface area contributed by atoms with Crippen LogP contribution in [-0.2, 0) is 0 Å². The van der Waals surface area contributed by atoms with E-state index in [1.807, 2.05) is 18.2 Å². The van der Waals surface area contributed by atoms with Crippen molar-refractivity contribution in [2.75, 3.05) is 14.2 Å². The van der Waals surface area contributed by atoms with Crippen molar-refractivity contribution in [2.24, 2.45) is 0 Å². The first-order chi connectivity index (χ1) is 15.1. The molecule has 4 aromatic rings. The molecule has 0 aliphatic carbocycles. The molecule has 0 atom stereocenters. The minimum absolute atomic E-state index is 0.312. The molecule has 4 rings (SSSR count). The molecule has 0 aliphatic heterocycles. The minimum atomic E-state index is -0.750. The van der Waals surface area contributed by atoms with Gasteiger partial charge in [0.2, 0.25) is 5.52 Å². The Morgan fingerprint density at radius 2 is 1.41 bits per heavy atom. The second kappa shape index (κ2) is 12.6. The summed E-state index contributed by atoms with van der Waals surface area (Å²) in [6.45, 7) is 0. The van der Waals surface area contributed by atoms with Crippen molar-refractivity contribution >= 4 is 91.4 Å². The van der Waals surface area contributed by atoms with E-state index in [2.05, 4.69) is 4.98 Å². The van der Waals surface area contributed by atoms with Crippen molar-refractivity contribution in [3.63, 3.8) is 0 Å². The average Bonchev–Trinajstić information content (AvgIpc) is 2.74. The van der Waals surface area contributed by atoms with Crippen molar-refractivity contribution in [3.8, 4) is 11.5 Å². The average molecular weight is 557 g/mol. The van der Waals surface area contributed by atoms with Crippen LogP contribution in [0, 0.1) is 5.21 Å². The molecule has 0 N–H and O–H groups in total. The smallest absolute Gasteiger partial charge is 0.227 e. The zero-order valence-corrected chi connectivity index (χ0v) is 21.2. The third-order valence-electron chi connectivity index (χ3n) is 3.94. The first kappa shape index (κ1) is 26.7. The van der Waals surface area contributed by atoms with E-state index >= 15 is 0 Å². The molecule has 0 aliphatic rings. The standard InChI is InChI=1S/C10H7Cl2NO.C10H8ClNO2.CHCl3/c1-14-7-3-2-6-4-8(11)10(12)13-9(6)5-7;1-14-9-3-2-7-4-8(11)6-12(13)10(7)5-9;2-1(3)4/h2-5H,1H3;2-6H,1H3;1H. The van der Waals surface area contributed by atoms with Crippen LogP contribution in [0.2, 0.25) is 15.2 Å². The highest BCUT2D eigenvalue weighted by Gasteiger charge is 2.07. The highest BCUT2D eigenvalue weighted by molar-refractivity contribution is 6.63. The normalized spacial score (nSPS) is 10.3. The van der Waals surface area contributed by atoms with Crippen molar-refractivity contribution in [1.82, 2.24) is 4.98 Å². The summed E-state index contributed by atoms with van der Waals surface area (Å²) in [6.07, 6.45) is 1.32. The summed E-state index contributed by atoms with van der Waals surface area (Å²) >= 11 is 31.8. The molecule has 0 saturated heterocycles. The van der Waals surface area contributed by atoms with Crippen LogP contribution in [-0.4, -0.2) is 23.5 Å². The number of methoxy groups -OCH3 is 2. The summed E-state index contributed by atoms with van der Waals surface area (Å²) in [6, 6.07) is 14.4. The lowest BCUT2D eigenvalue weighted by atomic mass is 10.2. The van der Waals surface area contributed by atoms with Crippen molar-refractivity contribution in [3.05, 3.63) is 75.1 Å². The Bertz CT molecular complexity index is 1200. The van der Waals surface area contributed by atoms with E-state index in [0.29, 0.717) is 26.5 Å². The van der Waals surface area contributed by atoms with Crippen LogP contribution in [0.4, 0.5) is 0 Å². The monoisotopic (exact) mass is 554 g/mol. The number of pyridine rings is 2. The van der Waals surface area contributed by atoms with Gasteiger partial charge >= 0.3 is 0 Å². The maximum Gasteiger partial charge on any atom is 0.227 e. The summed E-state index contributed by atoms with van der Waals surface area (Å²) in [4.78, 5) is 4.14. The number of halogens is 6. The van der Waals surface area contributed by atoms with Crippen molar-refractivity contribution in [1.29, 1.82) is 0 Å². The Kier molecular flexibility index (Phi) is 10.5. The van der Waals surface area contributed by atoms with Crippen LogP contribution in [0.5, 0.6) is 11.5 Å². The number of fused-ring (bicyclic) bond motifs is 2. The van der Waals surface area contributed by atoms with Gasteiger partial charge in [-0.1, -0.05) is 69.6 Å². The number of nitrogens with zero attached hydrogens (tertiary/aromatic N) is 2. The Morgan fingerprint density at radius 3 is 2.00 bits per heavy atom. The molecule has 0 fully saturated rings. The predicted octanol–water partition coefficient (Wildman–Crippen LogP) is 7.67. The van der Waals surface area contributed by atoms with Gasteiger partial charge in [0, 0.05) is 16.8 Å². The van der Waals surface area contributed by atoms with Gasteiger partial charge in [-0.05, 0) is 36.4 Å². The fourth-order valence-corrected chi connectivity index (χ4v) is 3.07. The minimum Gasteiger partial charge on any atom is -0.618 e. The first-order valence-electron chi connectivity index (χ1n) is 8.73. The summed E-state index contributed by atoms with van der Waals surface area (Å²) in [5.74, 6) is 1.41. The van der Waals surface area contributed by atoms with Crippen molar-refractivity contribution < 1.29 is 14.2 Å². The van der Waals surface area contributed by atoms with Gasteiger partial charge in [0.05, 0.1) is 30.8 Å². The molecule has 5 nitrogen and oxygen atoms in total. The van der Waals surface area contributed by atoms with Gasteiger partial charge < -0.3 is 14.7 Å². The summed E-state index contributed by atoms with van der Waals surface area (Å²) in [7, 11) is 3.17. The van der Waals surface area contributed by atoms with Crippen LogP contribution in [0.15, 0.2) is 54.7 Å². The second-order valence-corrected chi connectivity index (χ2v) is 9.16. The predicted molar refractivity (Wildman–Crippen MR) is 134 cm³/mol. The maximum absolute atomic E-state index is 11.4. The third-order valence-corrected chi connectivity index (χ3v) is 4.82. The molecule has 2 heterocycles. The number of ether oxygens (including phenoxy) is 2. The zero-order valence-electron chi connectivity index (χ0n) is 16.7. The molecular weight excluding hydrogens is 541 g/mol. The van der Waals surface area contributed by atoms with Gasteiger partial charge in [0.15, 0.2) is 10.5 Å². The molecule has 0 unspecified atom stereocenters. The van der Waals surface area contributed by atoms with E-state index in [4.69, 9.17) is 79.1 Å². The molecule has 0 amide bonds. The fraction of sp³-hybridized carbons (Fsp3) is 0.143. The second-order valence-electron chi connectivity index (χ2n) is 5.98. The molecule has 2 aromatic carbocycles. The Balaban J connectivity index is 0.000000195. The zero-order chi connectivity index (χ0) is 23.8. The summed E-state index contributed by atoms with van der Waals surface area (Å²) in [5, 5.41) is 14.4. The molecule has 0 spiro atoms. The number of alkyl halides is 3. The van der Waals surface area contributed by atoms with Gasteiger partial charge in [-0.2, -0.15) is 4.73 Å². The van der Waals surface area contributed by atoms with E-state index in [9.17, 15) is 5.21 Å². The maximum atomic E-state index is 11.4. The van der Waals surface area contributed by atoms with Crippen LogP contribution < -0.4 is 14.2 Å². The third kappa shape index (κ3) is 7.77. The van der Waals surface area contributed by atoms with E-state index in [1.165, 1.54) is 6.20 Å². The molecule has 32 heavy (non-hydrogen) atoms. The molecule has 11 heteroatoms. The van der Waals surface area contributed by atoms with Crippen LogP contribution in [0.1, 0.15) is 0 Å². The Hall–Kier alpha value is -1.60. The molecule has 0 saturated carbocycles. The number of rotatable bonds is 2. The lowest BCUT2D eigenvalue weighted by Crippen LogP contribution is -2.26. The molecule has 0 radical (unpaired) electrons. The van der Waals surface area contributed by atoms with E-state index in [0.717, 1.165) is 26.8 Å². The topological polar surface area (TPSA) is 58.3 Å². The summed E-state index contributed by atoms with van der Waals surface area (Å²) < 4.78 is 10.1. The highest BCUT2D eigenvalue weighted by atomic mass is 35.6. The van der Waals surface area contributed by atoms with Gasteiger partial charge in [-0.3, -0.25) is 0 Å². The Morgan fingerprint density at radius 1 is 0.844 bits per heavy atom. The molecular formula is C21H16Cl6N2O3. The number of aromatic nitrogens is 2. The van der Waals surface area contributed by atoms with E-state index in [1.54, 1.807) is 44.6 Å².